The third-order valence-electron chi connectivity index (χ3n) is 3.07. The van der Waals surface area contributed by atoms with Crippen LogP contribution in [0.5, 0.6) is 0 Å². The average molecular weight is 332 g/mol. The highest BCUT2D eigenvalue weighted by Crippen LogP contribution is 2.28. The fourth-order valence-electron chi connectivity index (χ4n) is 1.75. The number of aliphatic hydroxyl groups is 1. The highest BCUT2D eigenvalue weighted by molar-refractivity contribution is 9.10. The molecular weight excluding hydrogens is 313 g/mol. The molecule has 1 atom stereocenters. The van der Waals surface area contributed by atoms with Crippen molar-refractivity contribution in [2.24, 2.45) is 5.92 Å². The summed E-state index contributed by atoms with van der Waals surface area (Å²) in [5.41, 5.74) is 0.965. The predicted molar refractivity (Wildman–Crippen MR) is 75.4 cm³/mol. The van der Waals surface area contributed by atoms with Crippen LogP contribution in [0.4, 0.5) is 4.39 Å². The van der Waals surface area contributed by atoms with Gasteiger partial charge in [-0.2, -0.15) is 0 Å². The Hall–Kier alpha value is -0.490. The smallest absolute Gasteiger partial charge is 0.124 e. The van der Waals surface area contributed by atoms with Gasteiger partial charge in [0.05, 0.1) is 12.7 Å². The van der Waals surface area contributed by atoms with Gasteiger partial charge in [-0.1, -0.05) is 22.0 Å². The minimum absolute atomic E-state index is 0.260. The predicted octanol–water partition coefficient (Wildman–Crippen LogP) is 2.47. The van der Waals surface area contributed by atoms with Gasteiger partial charge < -0.3 is 15.2 Å². The molecule has 2 rings (SSSR count). The van der Waals surface area contributed by atoms with Crippen molar-refractivity contribution in [1.29, 1.82) is 0 Å². The largest absolute Gasteiger partial charge is 0.389 e. The Kier molecular flexibility index (Phi) is 5.76. The van der Waals surface area contributed by atoms with E-state index in [0.717, 1.165) is 22.6 Å². The lowest BCUT2D eigenvalue weighted by molar-refractivity contribution is 0.0324. The van der Waals surface area contributed by atoms with Crippen molar-refractivity contribution in [3.05, 3.63) is 34.1 Å². The number of ether oxygens (including phenoxy) is 1. The van der Waals surface area contributed by atoms with Crippen LogP contribution >= 0.6 is 15.9 Å². The van der Waals surface area contributed by atoms with Crippen LogP contribution in [0.2, 0.25) is 0 Å². The Morgan fingerprint density at radius 3 is 2.95 bits per heavy atom. The van der Waals surface area contributed by atoms with E-state index in [1.165, 1.54) is 25.0 Å². The number of halogens is 2. The molecule has 0 radical (unpaired) electrons. The summed E-state index contributed by atoms with van der Waals surface area (Å²) in [5, 5.41) is 12.8. The second-order valence-corrected chi connectivity index (χ2v) is 5.86. The molecule has 5 heteroatoms. The van der Waals surface area contributed by atoms with E-state index >= 15 is 0 Å². The molecule has 3 nitrogen and oxygen atoms in total. The lowest BCUT2D eigenvalue weighted by atomic mass is 10.2. The first kappa shape index (κ1) is 14.9. The Morgan fingerprint density at radius 2 is 2.26 bits per heavy atom. The average Bonchev–Trinajstić information content (AvgIpc) is 3.16. The monoisotopic (exact) mass is 331 g/mol. The molecule has 0 spiro atoms. The van der Waals surface area contributed by atoms with E-state index < -0.39 is 6.10 Å². The molecule has 0 heterocycles. The Labute approximate surface area is 121 Å². The van der Waals surface area contributed by atoms with Crippen molar-refractivity contribution < 1.29 is 14.2 Å². The second kappa shape index (κ2) is 7.33. The van der Waals surface area contributed by atoms with E-state index in [2.05, 4.69) is 21.2 Å². The normalized spacial score (nSPS) is 16.6. The van der Waals surface area contributed by atoms with Crippen LogP contribution in [0.3, 0.4) is 0 Å². The number of aliphatic hydroxyl groups excluding tert-OH is 1. The molecule has 106 valence electrons. The molecular formula is C14H19BrFNO2. The Bertz CT molecular complexity index is 412. The molecule has 2 N–H and O–H groups in total. The zero-order valence-electron chi connectivity index (χ0n) is 10.7. The fourth-order valence-corrected chi connectivity index (χ4v) is 2.24. The topological polar surface area (TPSA) is 41.5 Å². The first-order valence-electron chi connectivity index (χ1n) is 6.55. The van der Waals surface area contributed by atoms with Gasteiger partial charge in [0.15, 0.2) is 0 Å². The molecule has 1 saturated carbocycles. The summed E-state index contributed by atoms with van der Waals surface area (Å²) in [4.78, 5) is 0. The van der Waals surface area contributed by atoms with Crippen molar-refractivity contribution in [1.82, 2.24) is 5.32 Å². The minimum atomic E-state index is -0.502. The van der Waals surface area contributed by atoms with E-state index in [9.17, 15) is 9.50 Å². The van der Waals surface area contributed by atoms with Gasteiger partial charge in [-0.25, -0.2) is 4.39 Å². The number of hydrogen-bond donors (Lipinski definition) is 2. The van der Waals surface area contributed by atoms with Gasteiger partial charge in [0.1, 0.15) is 5.82 Å². The van der Waals surface area contributed by atoms with Crippen molar-refractivity contribution >= 4 is 15.9 Å². The lowest BCUT2D eigenvalue weighted by Crippen LogP contribution is -2.30. The molecule has 1 aliphatic carbocycles. The van der Waals surface area contributed by atoms with Crippen molar-refractivity contribution in [2.45, 2.75) is 25.5 Å². The van der Waals surface area contributed by atoms with E-state index in [4.69, 9.17) is 4.74 Å². The summed E-state index contributed by atoms with van der Waals surface area (Å²) < 4.78 is 19.0. The third kappa shape index (κ3) is 5.57. The molecule has 0 amide bonds. The maximum absolute atomic E-state index is 12.9. The van der Waals surface area contributed by atoms with Crippen LogP contribution in [0.1, 0.15) is 18.4 Å². The number of nitrogens with one attached hydrogen (secondary N) is 1. The summed E-state index contributed by atoms with van der Waals surface area (Å²) in [6.45, 7) is 2.18. The fraction of sp³-hybridized carbons (Fsp3) is 0.571. The van der Waals surface area contributed by atoms with Gasteiger partial charge in [0.25, 0.3) is 0 Å². The van der Waals surface area contributed by atoms with Crippen molar-refractivity contribution in [3.63, 3.8) is 0 Å². The van der Waals surface area contributed by atoms with Crippen LogP contribution < -0.4 is 5.32 Å². The molecule has 1 fully saturated rings. The molecule has 1 unspecified atom stereocenters. The van der Waals surface area contributed by atoms with E-state index in [1.807, 2.05) is 0 Å². The van der Waals surface area contributed by atoms with Crippen molar-refractivity contribution in [2.75, 3.05) is 19.8 Å². The molecule has 1 aromatic rings. The Morgan fingerprint density at radius 1 is 1.47 bits per heavy atom. The SMILES string of the molecule is OC(CNCc1ccc(F)cc1Br)COCC1CC1. The van der Waals surface area contributed by atoms with E-state index in [1.54, 1.807) is 6.07 Å². The zero-order chi connectivity index (χ0) is 13.7. The maximum atomic E-state index is 12.9. The standard InChI is InChI=1S/C14H19BrFNO2/c15-14-5-12(16)4-3-11(14)6-17-7-13(18)9-19-8-10-1-2-10/h3-5,10,13,17-18H,1-2,6-9H2. The molecule has 0 bridgehead atoms. The van der Waals surface area contributed by atoms with Crippen molar-refractivity contribution in [3.8, 4) is 0 Å². The third-order valence-corrected chi connectivity index (χ3v) is 3.81. The molecule has 1 aromatic carbocycles. The van der Waals surface area contributed by atoms with Crippen LogP contribution in [0.15, 0.2) is 22.7 Å². The number of benzene rings is 1. The van der Waals surface area contributed by atoms with Gasteiger partial charge in [0, 0.05) is 24.2 Å². The molecule has 1 aliphatic rings. The molecule has 0 aliphatic heterocycles. The molecule has 0 saturated heterocycles. The number of hydrogen-bond acceptors (Lipinski definition) is 3. The maximum Gasteiger partial charge on any atom is 0.124 e. The van der Waals surface area contributed by atoms with Gasteiger partial charge in [-0.05, 0) is 36.5 Å². The van der Waals surface area contributed by atoms with Crippen LogP contribution in [-0.4, -0.2) is 31.0 Å². The minimum Gasteiger partial charge on any atom is -0.389 e. The summed E-state index contributed by atoms with van der Waals surface area (Å²) in [6, 6.07) is 4.59. The van der Waals surface area contributed by atoms with Gasteiger partial charge in [-0.3, -0.25) is 0 Å². The highest BCUT2D eigenvalue weighted by Gasteiger charge is 2.21. The summed E-state index contributed by atoms with van der Waals surface area (Å²) in [6.07, 6.45) is 2.01. The van der Waals surface area contributed by atoms with E-state index in [0.29, 0.717) is 19.7 Å². The first-order chi connectivity index (χ1) is 9.15. The van der Waals surface area contributed by atoms with E-state index in [-0.39, 0.29) is 5.82 Å². The lowest BCUT2D eigenvalue weighted by Gasteiger charge is -2.13. The summed E-state index contributed by atoms with van der Waals surface area (Å²) in [7, 11) is 0. The quantitative estimate of drug-likeness (QED) is 0.768. The van der Waals surface area contributed by atoms with Gasteiger partial charge >= 0.3 is 0 Å². The highest BCUT2D eigenvalue weighted by atomic mass is 79.9. The molecule has 19 heavy (non-hydrogen) atoms. The second-order valence-electron chi connectivity index (χ2n) is 5.00. The first-order valence-corrected chi connectivity index (χ1v) is 7.35. The van der Waals surface area contributed by atoms with Gasteiger partial charge in [0.2, 0.25) is 0 Å². The zero-order valence-corrected chi connectivity index (χ0v) is 12.3. The Balaban J connectivity index is 1.61. The molecule has 0 aromatic heterocycles. The van der Waals surface area contributed by atoms with Gasteiger partial charge in [-0.15, -0.1) is 0 Å². The summed E-state index contributed by atoms with van der Waals surface area (Å²) in [5.74, 6) is 0.458. The van der Waals surface area contributed by atoms with Crippen LogP contribution in [-0.2, 0) is 11.3 Å². The van der Waals surface area contributed by atoms with Crippen LogP contribution in [0.25, 0.3) is 0 Å². The summed E-state index contributed by atoms with van der Waals surface area (Å²) >= 11 is 3.31. The van der Waals surface area contributed by atoms with Crippen LogP contribution in [0, 0.1) is 11.7 Å². The number of rotatable bonds is 8.